The predicted octanol–water partition coefficient (Wildman–Crippen LogP) is 0.619. The molecule has 4 heteroatoms. The van der Waals surface area contributed by atoms with E-state index in [1.54, 1.807) is 0 Å². The Bertz CT molecular complexity index is 325. The summed E-state index contributed by atoms with van der Waals surface area (Å²) in [4.78, 5) is 11.4. The maximum absolute atomic E-state index is 11.4. The van der Waals surface area contributed by atoms with Gasteiger partial charge in [0.25, 0.3) is 0 Å². The van der Waals surface area contributed by atoms with Gasteiger partial charge < -0.3 is 15.3 Å². The third kappa shape index (κ3) is 0.807. The average Bonchev–Trinajstić information content (AvgIpc) is 2.39. The lowest BCUT2D eigenvalue weighted by atomic mass is 9.64. The highest BCUT2D eigenvalue weighted by Gasteiger charge is 2.77. The molecule has 2 aliphatic carbocycles. The molecule has 3 N–H and O–H groups in total. The Morgan fingerprint density at radius 3 is 1.93 bits per heavy atom. The molecule has 0 aromatic heterocycles. The van der Waals surface area contributed by atoms with Crippen LogP contribution < -0.4 is 0 Å². The number of carboxylic acids is 1. The van der Waals surface area contributed by atoms with Crippen LogP contribution >= 0.6 is 0 Å². The number of aliphatic carboxylic acids is 1. The van der Waals surface area contributed by atoms with E-state index in [2.05, 4.69) is 0 Å². The molecule has 0 radical (unpaired) electrons. The Morgan fingerprint density at radius 1 is 1.13 bits per heavy atom. The summed E-state index contributed by atoms with van der Waals surface area (Å²) in [6.07, 6.45) is -0.977. The molecular formula is C11H18O4. The van der Waals surface area contributed by atoms with E-state index in [-0.39, 0.29) is 0 Å². The standard InChI is InChI=1S/C11H18O4/c1-9(2)10(3)4-5-11(9,8(14)15)7(13)6(10)12/h6-7,12-13H,4-5H2,1-3H3,(H,14,15)/t6-,7+,10-,11-/m0/s1. The van der Waals surface area contributed by atoms with Crippen LogP contribution in [0.15, 0.2) is 0 Å². The highest BCUT2D eigenvalue weighted by molar-refractivity contribution is 5.79. The van der Waals surface area contributed by atoms with Crippen molar-refractivity contribution in [2.75, 3.05) is 0 Å². The molecule has 15 heavy (non-hydrogen) atoms. The van der Waals surface area contributed by atoms with Gasteiger partial charge in [-0.15, -0.1) is 0 Å². The van der Waals surface area contributed by atoms with Crippen molar-refractivity contribution < 1.29 is 20.1 Å². The van der Waals surface area contributed by atoms with Crippen molar-refractivity contribution in [1.82, 2.24) is 0 Å². The van der Waals surface area contributed by atoms with Crippen LogP contribution in [0, 0.1) is 16.2 Å². The number of rotatable bonds is 1. The van der Waals surface area contributed by atoms with Gasteiger partial charge in [-0.2, -0.15) is 0 Å². The van der Waals surface area contributed by atoms with E-state index in [1.807, 2.05) is 20.8 Å². The molecule has 86 valence electrons. The van der Waals surface area contributed by atoms with E-state index in [1.165, 1.54) is 0 Å². The summed E-state index contributed by atoms with van der Waals surface area (Å²) in [6.45, 7) is 5.56. The zero-order valence-electron chi connectivity index (χ0n) is 9.32. The van der Waals surface area contributed by atoms with Crippen LogP contribution in [0.2, 0.25) is 0 Å². The highest BCUT2D eigenvalue weighted by atomic mass is 16.4. The van der Waals surface area contributed by atoms with Crippen molar-refractivity contribution in [1.29, 1.82) is 0 Å². The molecule has 2 bridgehead atoms. The van der Waals surface area contributed by atoms with Crippen molar-refractivity contribution >= 4 is 5.97 Å². The smallest absolute Gasteiger partial charge is 0.312 e. The summed E-state index contributed by atoms with van der Waals surface area (Å²) >= 11 is 0. The Hall–Kier alpha value is -0.610. The van der Waals surface area contributed by atoms with Gasteiger partial charge in [0.15, 0.2) is 0 Å². The first-order valence-electron chi connectivity index (χ1n) is 5.31. The quantitative estimate of drug-likeness (QED) is 0.598. The van der Waals surface area contributed by atoms with Gasteiger partial charge in [0.2, 0.25) is 0 Å². The summed E-state index contributed by atoms with van der Waals surface area (Å²) in [5, 5.41) is 29.3. The van der Waals surface area contributed by atoms with Crippen LogP contribution in [0.4, 0.5) is 0 Å². The van der Waals surface area contributed by atoms with E-state index >= 15 is 0 Å². The first-order chi connectivity index (χ1) is 6.72. The molecule has 4 atom stereocenters. The topological polar surface area (TPSA) is 77.8 Å². The SMILES string of the molecule is CC1(C)[C@@]2(C)CC[C@@]1(C(=O)O)[C@H](O)[C@@H]2O. The summed E-state index contributed by atoms with van der Waals surface area (Å²) in [7, 11) is 0. The lowest BCUT2D eigenvalue weighted by Gasteiger charge is -2.38. The molecule has 0 aliphatic heterocycles. The van der Waals surface area contributed by atoms with E-state index < -0.39 is 34.4 Å². The molecule has 2 rings (SSSR count). The molecule has 2 saturated carbocycles. The average molecular weight is 214 g/mol. The van der Waals surface area contributed by atoms with Gasteiger partial charge in [0, 0.05) is 5.41 Å². The number of hydrogen-bond donors (Lipinski definition) is 3. The van der Waals surface area contributed by atoms with Crippen LogP contribution in [0.25, 0.3) is 0 Å². The predicted molar refractivity (Wildman–Crippen MR) is 53.2 cm³/mol. The number of carboxylic acid groups (broad SMARTS) is 1. The minimum atomic E-state index is -1.18. The maximum Gasteiger partial charge on any atom is 0.312 e. The molecule has 2 aliphatic rings. The zero-order chi connectivity index (χ0) is 11.6. The second kappa shape index (κ2) is 2.55. The van der Waals surface area contributed by atoms with E-state index in [4.69, 9.17) is 0 Å². The van der Waals surface area contributed by atoms with Crippen molar-refractivity contribution in [3.8, 4) is 0 Å². The second-order valence-corrected chi connectivity index (χ2v) is 5.71. The van der Waals surface area contributed by atoms with Crippen LogP contribution in [-0.2, 0) is 4.79 Å². The molecule has 2 fully saturated rings. The monoisotopic (exact) mass is 214 g/mol. The fourth-order valence-electron chi connectivity index (χ4n) is 3.75. The first-order valence-corrected chi connectivity index (χ1v) is 5.31. The molecule has 0 aromatic carbocycles. The van der Waals surface area contributed by atoms with Crippen LogP contribution in [0.5, 0.6) is 0 Å². The Labute approximate surface area is 88.9 Å². The maximum atomic E-state index is 11.4. The molecule has 0 aromatic rings. The van der Waals surface area contributed by atoms with Crippen molar-refractivity contribution in [2.24, 2.45) is 16.2 Å². The molecule has 0 heterocycles. The first kappa shape index (κ1) is 10.9. The molecule has 0 saturated heterocycles. The van der Waals surface area contributed by atoms with E-state index in [0.717, 1.165) is 0 Å². The van der Waals surface area contributed by atoms with Gasteiger partial charge in [-0.25, -0.2) is 0 Å². The van der Waals surface area contributed by atoms with Gasteiger partial charge in [0.05, 0.1) is 12.2 Å². The van der Waals surface area contributed by atoms with E-state index in [9.17, 15) is 20.1 Å². The van der Waals surface area contributed by atoms with E-state index in [0.29, 0.717) is 12.8 Å². The second-order valence-electron chi connectivity index (χ2n) is 5.71. The largest absolute Gasteiger partial charge is 0.481 e. The zero-order valence-corrected chi connectivity index (χ0v) is 9.32. The fraction of sp³-hybridized carbons (Fsp3) is 0.909. The number of carbonyl (C=O) groups is 1. The number of aliphatic hydroxyl groups is 2. The fourth-order valence-corrected chi connectivity index (χ4v) is 3.75. The lowest BCUT2D eigenvalue weighted by molar-refractivity contribution is -0.164. The molecule has 4 nitrogen and oxygen atoms in total. The van der Waals surface area contributed by atoms with Gasteiger partial charge in [-0.3, -0.25) is 4.79 Å². The van der Waals surface area contributed by atoms with Crippen molar-refractivity contribution in [3.63, 3.8) is 0 Å². The molecule has 0 spiro atoms. The molecule has 0 unspecified atom stereocenters. The summed E-state index contributed by atoms with van der Waals surface area (Å²) < 4.78 is 0. The third-order valence-corrected chi connectivity index (χ3v) is 5.42. The van der Waals surface area contributed by atoms with Crippen molar-refractivity contribution in [2.45, 2.75) is 45.8 Å². The molecular weight excluding hydrogens is 196 g/mol. The third-order valence-electron chi connectivity index (χ3n) is 5.42. The van der Waals surface area contributed by atoms with Crippen LogP contribution in [0.1, 0.15) is 33.6 Å². The molecule has 0 amide bonds. The number of hydrogen-bond acceptors (Lipinski definition) is 3. The Morgan fingerprint density at radius 2 is 1.67 bits per heavy atom. The summed E-state index contributed by atoms with van der Waals surface area (Å²) in [5.41, 5.74) is -2.25. The number of aliphatic hydroxyl groups excluding tert-OH is 2. The lowest BCUT2D eigenvalue weighted by Crippen LogP contribution is -2.48. The normalized spacial score (nSPS) is 52.1. The van der Waals surface area contributed by atoms with Gasteiger partial charge in [0.1, 0.15) is 5.41 Å². The number of fused-ring (bicyclic) bond motifs is 2. The van der Waals surface area contributed by atoms with Gasteiger partial charge >= 0.3 is 5.97 Å². The highest BCUT2D eigenvalue weighted by Crippen LogP contribution is 2.72. The minimum Gasteiger partial charge on any atom is -0.481 e. The van der Waals surface area contributed by atoms with Crippen LogP contribution in [-0.4, -0.2) is 33.5 Å². The Kier molecular flexibility index (Phi) is 1.85. The summed E-state index contributed by atoms with van der Waals surface area (Å²) in [6, 6.07) is 0. The minimum absolute atomic E-state index is 0.448. The van der Waals surface area contributed by atoms with Gasteiger partial charge in [-0.05, 0) is 18.3 Å². The summed E-state index contributed by atoms with van der Waals surface area (Å²) in [5.74, 6) is -0.986. The van der Waals surface area contributed by atoms with Crippen molar-refractivity contribution in [3.05, 3.63) is 0 Å². The van der Waals surface area contributed by atoms with Crippen LogP contribution in [0.3, 0.4) is 0 Å². The van der Waals surface area contributed by atoms with Gasteiger partial charge in [-0.1, -0.05) is 20.8 Å². The Balaban J connectivity index is 2.62.